The third kappa shape index (κ3) is 6.19. The van der Waals surface area contributed by atoms with E-state index in [0.29, 0.717) is 6.61 Å². The van der Waals surface area contributed by atoms with Crippen molar-refractivity contribution in [3.05, 3.63) is 0 Å². The van der Waals surface area contributed by atoms with Gasteiger partial charge in [0.2, 0.25) is 11.9 Å². The van der Waals surface area contributed by atoms with Crippen LogP contribution in [0.25, 0.3) is 0 Å². The van der Waals surface area contributed by atoms with E-state index >= 15 is 0 Å². The number of nitrogens with one attached hydrogen (secondary N) is 1. The maximum Gasteiger partial charge on any atom is 0.340 e. The molecule has 7 heteroatoms. The SMILES string of the molecule is CCOCC(=O)NC(C(=O)OCC)C(=O)OCC. The van der Waals surface area contributed by atoms with Crippen LogP contribution in [0.4, 0.5) is 0 Å². The number of carbonyl (C=O) groups is 3. The number of rotatable bonds is 8. The molecule has 0 heterocycles. The summed E-state index contributed by atoms with van der Waals surface area (Å²) in [5.41, 5.74) is 0. The summed E-state index contributed by atoms with van der Waals surface area (Å²) >= 11 is 0. The zero-order valence-corrected chi connectivity index (χ0v) is 10.9. The van der Waals surface area contributed by atoms with Crippen LogP contribution in [-0.2, 0) is 28.6 Å². The molecule has 0 aliphatic carbocycles. The molecular formula is C11H19NO6. The van der Waals surface area contributed by atoms with E-state index in [1.807, 2.05) is 0 Å². The van der Waals surface area contributed by atoms with Gasteiger partial charge in [-0.3, -0.25) is 4.79 Å². The summed E-state index contributed by atoms with van der Waals surface area (Å²) in [5.74, 6) is -2.27. The Kier molecular flexibility index (Phi) is 8.55. The van der Waals surface area contributed by atoms with E-state index in [9.17, 15) is 14.4 Å². The molecule has 104 valence electrons. The Hall–Kier alpha value is -1.63. The highest BCUT2D eigenvalue weighted by Gasteiger charge is 2.31. The average Bonchev–Trinajstić information content (AvgIpc) is 2.33. The number of esters is 2. The van der Waals surface area contributed by atoms with Gasteiger partial charge in [-0.05, 0) is 20.8 Å². The molecule has 1 amide bonds. The quantitative estimate of drug-likeness (QED) is 0.473. The molecule has 18 heavy (non-hydrogen) atoms. The van der Waals surface area contributed by atoms with Crippen LogP contribution in [0.3, 0.4) is 0 Å². The Bertz CT molecular complexity index is 273. The van der Waals surface area contributed by atoms with Gasteiger partial charge in [0.15, 0.2) is 0 Å². The number of carbonyl (C=O) groups excluding carboxylic acids is 3. The van der Waals surface area contributed by atoms with Crippen LogP contribution in [-0.4, -0.2) is 50.3 Å². The first kappa shape index (κ1) is 16.4. The summed E-state index contributed by atoms with van der Waals surface area (Å²) < 4.78 is 14.2. The lowest BCUT2D eigenvalue weighted by atomic mass is 10.3. The minimum atomic E-state index is -1.45. The van der Waals surface area contributed by atoms with Gasteiger partial charge < -0.3 is 19.5 Å². The zero-order valence-electron chi connectivity index (χ0n) is 10.9. The molecule has 0 fully saturated rings. The Labute approximate surface area is 106 Å². The summed E-state index contributed by atoms with van der Waals surface area (Å²) in [6, 6.07) is -1.45. The van der Waals surface area contributed by atoms with Crippen LogP contribution >= 0.6 is 0 Å². The first-order valence-corrected chi connectivity index (χ1v) is 5.77. The fraction of sp³-hybridized carbons (Fsp3) is 0.727. The summed E-state index contributed by atoms with van der Waals surface area (Å²) in [6.45, 7) is 5.26. The molecule has 0 aliphatic heterocycles. The lowest BCUT2D eigenvalue weighted by Gasteiger charge is -2.15. The van der Waals surface area contributed by atoms with Crippen molar-refractivity contribution < 1.29 is 28.6 Å². The summed E-state index contributed by atoms with van der Waals surface area (Å²) in [5, 5.41) is 2.21. The van der Waals surface area contributed by atoms with Gasteiger partial charge in [0, 0.05) is 6.61 Å². The second kappa shape index (κ2) is 9.41. The Morgan fingerprint density at radius 2 is 1.44 bits per heavy atom. The Morgan fingerprint density at radius 1 is 0.944 bits per heavy atom. The van der Waals surface area contributed by atoms with Gasteiger partial charge in [-0.1, -0.05) is 0 Å². The number of amides is 1. The standard InChI is InChI=1S/C11H19NO6/c1-4-16-7-8(13)12-9(10(14)17-5-2)11(15)18-6-3/h9H,4-7H2,1-3H3,(H,12,13). The molecular weight excluding hydrogens is 242 g/mol. The number of hydrogen-bond donors (Lipinski definition) is 1. The van der Waals surface area contributed by atoms with Gasteiger partial charge in [0.1, 0.15) is 6.61 Å². The van der Waals surface area contributed by atoms with E-state index in [1.54, 1.807) is 20.8 Å². The fourth-order valence-corrected chi connectivity index (χ4v) is 1.06. The van der Waals surface area contributed by atoms with Crippen molar-refractivity contribution in [1.29, 1.82) is 0 Å². The van der Waals surface area contributed by atoms with Crippen LogP contribution < -0.4 is 5.32 Å². The fourth-order valence-electron chi connectivity index (χ4n) is 1.06. The van der Waals surface area contributed by atoms with Crippen LogP contribution in [0.5, 0.6) is 0 Å². The van der Waals surface area contributed by atoms with Gasteiger partial charge in [-0.2, -0.15) is 0 Å². The van der Waals surface area contributed by atoms with Crippen molar-refractivity contribution in [2.24, 2.45) is 0 Å². The highest BCUT2D eigenvalue weighted by atomic mass is 16.6. The molecule has 0 saturated heterocycles. The van der Waals surface area contributed by atoms with Gasteiger partial charge >= 0.3 is 11.9 Å². The van der Waals surface area contributed by atoms with Crippen molar-refractivity contribution in [2.45, 2.75) is 26.8 Å². The molecule has 7 nitrogen and oxygen atoms in total. The largest absolute Gasteiger partial charge is 0.464 e. The minimum Gasteiger partial charge on any atom is -0.464 e. The lowest BCUT2D eigenvalue weighted by molar-refractivity contribution is -0.160. The van der Waals surface area contributed by atoms with Crippen molar-refractivity contribution in [2.75, 3.05) is 26.4 Å². The van der Waals surface area contributed by atoms with E-state index in [1.165, 1.54) is 0 Å². The first-order chi connectivity index (χ1) is 8.56. The van der Waals surface area contributed by atoms with Crippen molar-refractivity contribution in [1.82, 2.24) is 5.32 Å². The molecule has 0 atom stereocenters. The molecule has 0 aromatic heterocycles. The smallest absolute Gasteiger partial charge is 0.340 e. The van der Waals surface area contributed by atoms with E-state index in [4.69, 9.17) is 4.74 Å². The molecule has 1 N–H and O–H groups in total. The van der Waals surface area contributed by atoms with Gasteiger partial charge in [0.05, 0.1) is 13.2 Å². The molecule has 0 bridgehead atoms. The third-order valence-corrected chi connectivity index (χ3v) is 1.79. The molecule has 0 radical (unpaired) electrons. The Balaban J connectivity index is 4.51. The molecule has 0 saturated carbocycles. The molecule has 0 unspecified atom stereocenters. The second-order valence-corrected chi connectivity index (χ2v) is 3.14. The normalized spacial score (nSPS) is 10.0. The van der Waals surface area contributed by atoms with Gasteiger partial charge in [0.25, 0.3) is 0 Å². The van der Waals surface area contributed by atoms with Crippen LogP contribution in [0.2, 0.25) is 0 Å². The van der Waals surface area contributed by atoms with Crippen molar-refractivity contribution in [3.8, 4) is 0 Å². The van der Waals surface area contributed by atoms with Crippen molar-refractivity contribution in [3.63, 3.8) is 0 Å². The van der Waals surface area contributed by atoms with E-state index in [-0.39, 0.29) is 19.8 Å². The first-order valence-electron chi connectivity index (χ1n) is 5.77. The summed E-state index contributed by atoms with van der Waals surface area (Å²) in [4.78, 5) is 34.4. The summed E-state index contributed by atoms with van der Waals surface area (Å²) in [6.07, 6.45) is 0. The maximum atomic E-state index is 11.5. The molecule has 0 rings (SSSR count). The van der Waals surface area contributed by atoms with E-state index in [0.717, 1.165) is 0 Å². The molecule has 0 aromatic carbocycles. The Morgan fingerprint density at radius 3 is 1.83 bits per heavy atom. The molecule has 0 aromatic rings. The van der Waals surface area contributed by atoms with Crippen LogP contribution in [0.1, 0.15) is 20.8 Å². The highest BCUT2D eigenvalue weighted by molar-refractivity contribution is 6.02. The van der Waals surface area contributed by atoms with E-state index < -0.39 is 23.9 Å². The lowest BCUT2D eigenvalue weighted by Crippen LogP contribution is -2.49. The zero-order chi connectivity index (χ0) is 14.0. The number of ether oxygens (including phenoxy) is 3. The van der Waals surface area contributed by atoms with Crippen LogP contribution in [0.15, 0.2) is 0 Å². The van der Waals surface area contributed by atoms with Gasteiger partial charge in [-0.25, -0.2) is 9.59 Å². The molecule has 0 aliphatic rings. The van der Waals surface area contributed by atoms with Gasteiger partial charge in [-0.15, -0.1) is 0 Å². The number of hydrogen-bond acceptors (Lipinski definition) is 6. The van der Waals surface area contributed by atoms with Crippen molar-refractivity contribution >= 4 is 17.8 Å². The topological polar surface area (TPSA) is 90.9 Å². The monoisotopic (exact) mass is 261 g/mol. The second-order valence-electron chi connectivity index (χ2n) is 3.14. The predicted octanol–water partition coefficient (Wildman–Crippen LogP) is -0.366. The third-order valence-electron chi connectivity index (χ3n) is 1.79. The van der Waals surface area contributed by atoms with Crippen LogP contribution in [0, 0.1) is 0 Å². The maximum absolute atomic E-state index is 11.5. The predicted molar refractivity (Wildman–Crippen MR) is 61.7 cm³/mol. The minimum absolute atomic E-state index is 0.107. The highest BCUT2D eigenvalue weighted by Crippen LogP contribution is 1.95. The molecule has 0 spiro atoms. The van der Waals surface area contributed by atoms with E-state index in [2.05, 4.69) is 14.8 Å². The summed E-state index contributed by atoms with van der Waals surface area (Å²) in [7, 11) is 0. The average molecular weight is 261 g/mol.